The number of ether oxygens (including phenoxy) is 1. The van der Waals surface area contributed by atoms with Crippen molar-refractivity contribution in [3.63, 3.8) is 0 Å². The van der Waals surface area contributed by atoms with E-state index in [-0.39, 0.29) is 6.61 Å². The molecule has 4 nitrogen and oxygen atoms in total. The highest BCUT2D eigenvalue weighted by atomic mass is 32.1. The largest absolute Gasteiger partial charge is 0.394 e. The minimum Gasteiger partial charge on any atom is -0.394 e. The smallest absolute Gasteiger partial charge is 0.120 e. The minimum atomic E-state index is 0.0494. The number of aromatic nitrogens is 1. The standard InChI is InChI=1S/C9H14N2O2S/c10-9(14)8-2-1-3-11(8)4-6-13-7-5-12/h1-3,12H,4-7H2,(H2,10,14). The Hall–Kier alpha value is -0.910. The molecule has 0 amide bonds. The van der Waals surface area contributed by atoms with Gasteiger partial charge in [-0.3, -0.25) is 0 Å². The Labute approximate surface area is 88.3 Å². The normalized spacial score (nSPS) is 10.4. The molecule has 0 spiro atoms. The molecule has 78 valence electrons. The van der Waals surface area contributed by atoms with Crippen LogP contribution < -0.4 is 5.73 Å². The van der Waals surface area contributed by atoms with Gasteiger partial charge in [0.25, 0.3) is 0 Å². The lowest BCUT2D eigenvalue weighted by Gasteiger charge is -2.07. The van der Waals surface area contributed by atoms with Gasteiger partial charge in [-0.25, -0.2) is 0 Å². The van der Waals surface area contributed by atoms with E-state index < -0.39 is 0 Å². The van der Waals surface area contributed by atoms with Crippen molar-refractivity contribution in [2.45, 2.75) is 6.54 Å². The zero-order valence-electron chi connectivity index (χ0n) is 7.85. The number of nitrogens with two attached hydrogens (primary N) is 1. The molecule has 0 bridgehead atoms. The first-order chi connectivity index (χ1) is 6.75. The van der Waals surface area contributed by atoms with Gasteiger partial charge in [0.2, 0.25) is 0 Å². The first kappa shape index (κ1) is 11.2. The highest BCUT2D eigenvalue weighted by Gasteiger charge is 2.02. The van der Waals surface area contributed by atoms with Gasteiger partial charge in [-0.15, -0.1) is 0 Å². The molecule has 14 heavy (non-hydrogen) atoms. The van der Waals surface area contributed by atoms with E-state index in [9.17, 15) is 0 Å². The number of thiocarbonyl (C=S) groups is 1. The zero-order chi connectivity index (χ0) is 10.4. The minimum absolute atomic E-state index is 0.0494. The number of aliphatic hydroxyl groups excluding tert-OH is 1. The number of aliphatic hydroxyl groups is 1. The molecule has 5 heteroatoms. The maximum Gasteiger partial charge on any atom is 0.120 e. The van der Waals surface area contributed by atoms with Crippen LogP contribution in [0.1, 0.15) is 5.69 Å². The van der Waals surface area contributed by atoms with Gasteiger partial charge in [-0.1, -0.05) is 12.2 Å². The molecular weight excluding hydrogens is 200 g/mol. The fourth-order valence-corrected chi connectivity index (χ4v) is 1.35. The number of hydrogen-bond donors (Lipinski definition) is 2. The molecule has 0 aliphatic heterocycles. The Bertz CT molecular complexity index is 299. The summed E-state index contributed by atoms with van der Waals surface area (Å²) in [7, 11) is 0. The van der Waals surface area contributed by atoms with Crippen molar-refractivity contribution in [2.75, 3.05) is 19.8 Å². The predicted octanol–water partition coefficient (Wildman–Crippen LogP) is 0.131. The monoisotopic (exact) mass is 214 g/mol. The highest BCUT2D eigenvalue weighted by molar-refractivity contribution is 7.80. The molecule has 0 atom stereocenters. The zero-order valence-corrected chi connectivity index (χ0v) is 8.67. The fraction of sp³-hybridized carbons (Fsp3) is 0.444. The van der Waals surface area contributed by atoms with E-state index in [4.69, 9.17) is 27.8 Å². The molecule has 0 aliphatic rings. The Kier molecular flexibility index (Phi) is 4.58. The molecule has 1 aromatic rings. The predicted molar refractivity (Wildman–Crippen MR) is 58.2 cm³/mol. The maximum atomic E-state index is 8.49. The van der Waals surface area contributed by atoms with Crippen LogP contribution >= 0.6 is 12.2 Å². The van der Waals surface area contributed by atoms with E-state index >= 15 is 0 Å². The van der Waals surface area contributed by atoms with Crippen LogP contribution in [0.4, 0.5) is 0 Å². The van der Waals surface area contributed by atoms with Gasteiger partial charge in [-0.05, 0) is 12.1 Å². The Balaban J connectivity index is 2.42. The van der Waals surface area contributed by atoms with Crippen molar-refractivity contribution in [3.8, 4) is 0 Å². The van der Waals surface area contributed by atoms with Crippen LogP contribution in [0.3, 0.4) is 0 Å². The Morgan fingerprint density at radius 1 is 1.57 bits per heavy atom. The quantitative estimate of drug-likeness (QED) is 0.522. The molecule has 0 saturated heterocycles. The van der Waals surface area contributed by atoms with Gasteiger partial charge in [0, 0.05) is 12.7 Å². The average molecular weight is 214 g/mol. The van der Waals surface area contributed by atoms with Crippen molar-refractivity contribution >= 4 is 17.2 Å². The van der Waals surface area contributed by atoms with E-state index in [1.54, 1.807) is 0 Å². The summed E-state index contributed by atoms with van der Waals surface area (Å²) in [5, 5.41) is 8.49. The van der Waals surface area contributed by atoms with Crippen LogP contribution in [0.15, 0.2) is 18.3 Å². The van der Waals surface area contributed by atoms with E-state index in [1.807, 2.05) is 22.9 Å². The van der Waals surface area contributed by atoms with E-state index in [1.165, 1.54) is 0 Å². The van der Waals surface area contributed by atoms with Crippen molar-refractivity contribution in [1.82, 2.24) is 4.57 Å². The molecule has 0 unspecified atom stereocenters. The molecule has 0 aliphatic carbocycles. The van der Waals surface area contributed by atoms with E-state index in [0.717, 1.165) is 5.69 Å². The summed E-state index contributed by atoms with van der Waals surface area (Å²) in [5.74, 6) is 0. The van der Waals surface area contributed by atoms with Gasteiger partial charge in [-0.2, -0.15) is 0 Å². The second kappa shape index (κ2) is 5.74. The van der Waals surface area contributed by atoms with Crippen molar-refractivity contribution in [1.29, 1.82) is 0 Å². The van der Waals surface area contributed by atoms with Gasteiger partial charge >= 0.3 is 0 Å². The second-order valence-corrected chi connectivity index (χ2v) is 3.23. The molecule has 0 fully saturated rings. The highest BCUT2D eigenvalue weighted by Crippen LogP contribution is 2.01. The summed E-state index contributed by atoms with van der Waals surface area (Å²) in [4.78, 5) is 0.386. The first-order valence-corrected chi connectivity index (χ1v) is 4.80. The van der Waals surface area contributed by atoms with Crippen LogP contribution in [0, 0.1) is 0 Å². The summed E-state index contributed by atoms with van der Waals surface area (Å²) >= 11 is 4.88. The fourth-order valence-electron chi connectivity index (χ4n) is 1.16. The first-order valence-electron chi connectivity index (χ1n) is 4.39. The third-order valence-corrected chi connectivity index (χ3v) is 2.00. The SMILES string of the molecule is NC(=S)c1cccn1CCOCCO. The molecule has 0 saturated carbocycles. The lowest BCUT2D eigenvalue weighted by molar-refractivity contribution is 0.0870. The second-order valence-electron chi connectivity index (χ2n) is 2.79. The number of rotatable bonds is 6. The summed E-state index contributed by atoms with van der Waals surface area (Å²) in [6, 6.07) is 3.76. The Morgan fingerprint density at radius 3 is 3.00 bits per heavy atom. The number of hydrogen-bond acceptors (Lipinski definition) is 3. The van der Waals surface area contributed by atoms with Crippen molar-refractivity contribution in [3.05, 3.63) is 24.0 Å². The van der Waals surface area contributed by atoms with Gasteiger partial charge in [0.1, 0.15) is 4.99 Å². The molecule has 3 N–H and O–H groups in total. The molecule has 0 radical (unpaired) electrons. The molecule has 1 rings (SSSR count). The maximum absolute atomic E-state index is 8.49. The van der Waals surface area contributed by atoms with Crippen LogP contribution in [0.5, 0.6) is 0 Å². The van der Waals surface area contributed by atoms with Crippen LogP contribution in [-0.2, 0) is 11.3 Å². The van der Waals surface area contributed by atoms with Crippen molar-refractivity contribution < 1.29 is 9.84 Å². The van der Waals surface area contributed by atoms with E-state index in [2.05, 4.69) is 0 Å². The lowest BCUT2D eigenvalue weighted by Crippen LogP contribution is -2.17. The van der Waals surface area contributed by atoms with Gasteiger partial charge in [0.05, 0.1) is 25.5 Å². The third-order valence-electron chi connectivity index (χ3n) is 1.79. The van der Waals surface area contributed by atoms with Gasteiger partial charge < -0.3 is 20.1 Å². The molecule has 0 aromatic carbocycles. The van der Waals surface area contributed by atoms with Gasteiger partial charge in [0.15, 0.2) is 0 Å². The average Bonchev–Trinajstić information content (AvgIpc) is 2.60. The van der Waals surface area contributed by atoms with Crippen LogP contribution in [0.2, 0.25) is 0 Å². The molecule has 1 aromatic heterocycles. The topological polar surface area (TPSA) is 60.4 Å². The summed E-state index contributed by atoms with van der Waals surface area (Å²) in [6.45, 7) is 1.65. The third kappa shape index (κ3) is 3.10. The lowest BCUT2D eigenvalue weighted by atomic mass is 10.4. The molecule has 1 heterocycles. The summed E-state index contributed by atoms with van der Waals surface area (Å²) in [6.07, 6.45) is 1.90. The molecular formula is C9H14N2O2S. The van der Waals surface area contributed by atoms with Crippen LogP contribution in [-0.4, -0.2) is 34.5 Å². The summed E-state index contributed by atoms with van der Waals surface area (Å²) in [5.41, 5.74) is 6.36. The van der Waals surface area contributed by atoms with E-state index in [0.29, 0.717) is 24.7 Å². The van der Waals surface area contributed by atoms with Crippen LogP contribution in [0.25, 0.3) is 0 Å². The summed E-state index contributed by atoms with van der Waals surface area (Å²) < 4.78 is 7.07. The Morgan fingerprint density at radius 2 is 2.36 bits per heavy atom. The number of nitrogens with zero attached hydrogens (tertiary/aromatic N) is 1. The van der Waals surface area contributed by atoms with Crippen molar-refractivity contribution in [2.24, 2.45) is 5.73 Å².